The molecule has 0 spiro atoms. The van der Waals surface area contributed by atoms with Gasteiger partial charge in [0.1, 0.15) is 11.6 Å². The zero-order chi connectivity index (χ0) is 14.1. The normalized spacial score (nSPS) is 13.0. The van der Waals surface area contributed by atoms with Crippen molar-refractivity contribution >= 4 is 0 Å². The fraction of sp³-hybridized carbons (Fsp3) is 0.294. The van der Waals surface area contributed by atoms with Crippen LogP contribution in [0.5, 0.6) is 0 Å². The number of benzene rings is 1. The molecule has 1 heterocycles. The van der Waals surface area contributed by atoms with Crippen molar-refractivity contribution in [2.45, 2.75) is 32.7 Å². The summed E-state index contributed by atoms with van der Waals surface area (Å²) in [6, 6.07) is 11.8. The Balaban J connectivity index is 2.00. The number of aryl methyl sites for hydroxylation is 3. The van der Waals surface area contributed by atoms with Gasteiger partial charge >= 0.3 is 0 Å². The van der Waals surface area contributed by atoms with Crippen molar-refractivity contribution in [1.29, 1.82) is 5.26 Å². The second-order valence-electron chi connectivity index (χ2n) is 5.35. The van der Waals surface area contributed by atoms with Crippen LogP contribution < -0.4 is 5.56 Å². The minimum atomic E-state index is -0.201. The Bertz CT molecular complexity index is 766. The van der Waals surface area contributed by atoms with Gasteiger partial charge in [0.2, 0.25) is 0 Å². The summed E-state index contributed by atoms with van der Waals surface area (Å²) in [7, 11) is 0. The van der Waals surface area contributed by atoms with E-state index in [0.717, 1.165) is 17.7 Å². The summed E-state index contributed by atoms with van der Waals surface area (Å²) in [6.07, 6.45) is 3.52. The topological polar surface area (TPSA) is 45.8 Å². The maximum absolute atomic E-state index is 12.2. The van der Waals surface area contributed by atoms with Crippen molar-refractivity contribution in [3.63, 3.8) is 0 Å². The van der Waals surface area contributed by atoms with Gasteiger partial charge in [0.15, 0.2) is 0 Å². The second kappa shape index (κ2) is 4.97. The Hall–Kier alpha value is -2.34. The number of nitrogens with zero attached hydrogens (tertiary/aromatic N) is 2. The summed E-state index contributed by atoms with van der Waals surface area (Å²) >= 11 is 0. The van der Waals surface area contributed by atoms with Crippen LogP contribution in [0.4, 0.5) is 0 Å². The molecule has 20 heavy (non-hydrogen) atoms. The van der Waals surface area contributed by atoms with Gasteiger partial charge in [-0.05, 0) is 55.0 Å². The summed E-state index contributed by atoms with van der Waals surface area (Å²) in [4.78, 5) is 12.2. The number of rotatable bonds is 2. The fourth-order valence-electron chi connectivity index (χ4n) is 2.86. The van der Waals surface area contributed by atoms with Gasteiger partial charge in [0.05, 0.1) is 6.54 Å². The molecule has 0 fully saturated rings. The van der Waals surface area contributed by atoms with Gasteiger partial charge in [-0.2, -0.15) is 5.26 Å². The SMILES string of the molecule is Cc1ccc(C#N)c(=O)n1Cc1ccc2c(c1)CCC2. The third kappa shape index (κ3) is 2.14. The lowest BCUT2D eigenvalue weighted by Gasteiger charge is -2.11. The van der Waals surface area contributed by atoms with Crippen molar-refractivity contribution in [3.8, 4) is 6.07 Å². The minimum Gasteiger partial charge on any atom is -0.307 e. The van der Waals surface area contributed by atoms with Crippen molar-refractivity contribution in [2.24, 2.45) is 0 Å². The smallest absolute Gasteiger partial charge is 0.268 e. The van der Waals surface area contributed by atoms with E-state index in [-0.39, 0.29) is 11.1 Å². The van der Waals surface area contributed by atoms with E-state index >= 15 is 0 Å². The standard InChI is InChI=1S/C17H16N2O/c1-12-5-7-16(10-18)17(20)19(12)11-13-6-8-14-3-2-4-15(14)9-13/h5-9H,2-4,11H2,1H3. The van der Waals surface area contributed by atoms with E-state index in [1.165, 1.54) is 24.0 Å². The monoisotopic (exact) mass is 264 g/mol. The van der Waals surface area contributed by atoms with E-state index in [1.807, 2.05) is 19.1 Å². The molecule has 0 amide bonds. The van der Waals surface area contributed by atoms with Crippen LogP contribution >= 0.6 is 0 Å². The summed E-state index contributed by atoms with van der Waals surface area (Å²) < 4.78 is 1.68. The Labute approximate surface area is 118 Å². The highest BCUT2D eigenvalue weighted by Crippen LogP contribution is 2.23. The molecule has 3 rings (SSSR count). The van der Waals surface area contributed by atoms with Gasteiger partial charge in [-0.1, -0.05) is 18.2 Å². The van der Waals surface area contributed by atoms with Crippen LogP contribution in [-0.4, -0.2) is 4.57 Å². The van der Waals surface area contributed by atoms with Gasteiger partial charge in [-0.15, -0.1) is 0 Å². The predicted molar refractivity (Wildman–Crippen MR) is 77.7 cm³/mol. The molecule has 100 valence electrons. The molecule has 0 atom stereocenters. The fourth-order valence-corrected chi connectivity index (χ4v) is 2.86. The van der Waals surface area contributed by atoms with E-state index in [9.17, 15) is 4.79 Å². The largest absolute Gasteiger partial charge is 0.307 e. The van der Waals surface area contributed by atoms with Gasteiger partial charge in [-0.25, -0.2) is 0 Å². The van der Waals surface area contributed by atoms with E-state index in [2.05, 4.69) is 18.2 Å². The first-order chi connectivity index (χ1) is 9.69. The van der Waals surface area contributed by atoms with Crippen molar-refractivity contribution in [3.05, 3.63) is 68.6 Å². The van der Waals surface area contributed by atoms with Crippen LogP contribution in [0.1, 0.15) is 34.4 Å². The Morgan fingerprint density at radius 1 is 1.20 bits per heavy atom. The molecule has 2 aromatic rings. The Morgan fingerprint density at radius 3 is 2.80 bits per heavy atom. The van der Waals surface area contributed by atoms with Gasteiger partial charge in [-0.3, -0.25) is 4.79 Å². The third-order valence-electron chi connectivity index (χ3n) is 4.02. The molecule has 0 bridgehead atoms. The quantitative estimate of drug-likeness (QED) is 0.837. The second-order valence-corrected chi connectivity index (χ2v) is 5.35. The molecule has 0 N–H and O–H groups in total. The highest BCUT2D eigenvalue weighted by Gasteiger charge is 2.12. The number of hydrogen-bond donors (Lipinski definition) is 0. The lowest BCUT2D eigenvalue weighted by Crippen LogP contribution is -2.24. The van der Waals surface area contributed by atoms with Crippen LogP contribution in [0, 0.1) is 18.3 Å². The van der Waals surface area contributed by atoms with E-state index in [4.69, 9.17) is 5.26 Å². The van der Waals surface area contributed by atoms with Crippen LogP contribution in [-0.2, 0) is 19.4 Å². The summed E-state index contributed by atoms with van der Waals surface area (Å²) in [5.74, 6) is 0. The van der Waals surface area contributed by atoms with Crippen LogP contribution in [0.25, 0.3) is 0 Å². The predicted octanol–water partition coefficient (Wildman–Crippen LogP) is 2.57. The summed E-state index contributed by atoms with van der Waals surface area (Å²) in [6.45, 7) is 2.43. The molecule has 1 aliphatic carbocycles. The highest BCUT2D eigenvalue weighted by molar-refractivity contribution is 5.36. The van der Waals surface area contributed by atoms with E-state index < -0.39 is 0 Å². The Kier molecular flexibility index (Phi) is 3.15. The first-order valence-electron chi connectivity index (χ1n) is 6.90. The molecule has 1 aromatic heterocycles. The maximum atomic E-state index is 12.2. The van der Waals surface area contributed by atoms with Gasteiger partial charge < -0.3 is 4.57 Å². The number of hydrogen-bond acceptors (Lipinski definition) is 2. The molecular weight excluding hydrogens is 248 g/mol. The lowest BCUT2D eigenvalue weighted by molar-refractivity contribution is 0.726. The molecular formula is C17H16N2O. The number of pyridine rings is 1. The zero-order valence-corrected chi connectivity index (χ0v) is 11.5. The molecule has 3 nitrogen and oxygen atoms in total. The number of aromatic nitrogens is 1. The molecule has 1 aliphatic rings. The summed E-state index contributed by atoms with van der Waals surface area (Å²) in [5, 5.41) is 8.96. The molecule has 0 unspecified atom stereocenters. The highest BCUT2D eigenvalue weighted by atomic mass is 16.1. The molecule has 0 radical (unpaired) electrons. The number of fused-ring (bicyclic) bond motifs is 1. The lowest BCUT2D eigenvalue weighted by atomic mass is 10.1. The van der Waals surface area contributed by atoms with Crippen LogP contribution in [0.2, 0.25) is 0 Å². The van der Waals surface area contributed by atoms with Crippen molar-refractivity contribution in [1.82, 2.24) is 4.57 Å². The van der Waals surface area contributed by atoms with Gasteiger partial charge in [0, 0.05) is 5.69 Å². The van der Waals surface area contributed by atoms with Crippen LogP contribution in [0.3, 0.4) is 0 Å². The minimum absolute atomic E-state index is 0.201. The number of nitriles is 1. The average molecular weight is 264 g/mol. The third-order valence-corrected chi connectivity index (χ3v) is 4.02. The molecule has 1 aromatic carbocycles. The van der Waals surface area contributed by atoms with Gasteiger partial charge in [0.25, 0.3) is 5.56 Å². The van der Waals surface area contributed by atoms with Crippen molar-refractivity contribution < 1.29 is 0 Å². The van der Waals surface area contributed by atoms with E-state index in [0.29, 0.717) is 6.54 Å². The maximum Gasteiger partial charge on any atom is 0.268 e. The molecule has 0 saturated heterocycles. The molecule has 0 aliphatic heterocycles. The first-order valence-corrected chi connectivity index (χ1v) is 6.90. The first kappa shape index (κ1) is 12.7. The van der Waals surface area contributed by atoms with E-state index in [1.54, 1.807) is 10.6 Å². The molecule has 3 heteroatoms. The molecule has 0 saturated carbocycles. The zero-order valence-electron chi connectivity index (χ0n) is 11.5. The Morgan fingerprint density at radius 2 is 2.00 bits per heavy atom. The summed E-state index contributed by atoms with van der Waals surface area (Å²) in [5.41, 5.74) is 4.86. The van der Waals surface area contributed by atoms with Crippen molar-refractivity contribution in [2.75, 3.05) is 0 Å². The average Bonchev–Trinajstić information content (AvgIpc) is 2.91. The van der Waals surface area contributed by atoms with Crippen LogP contribution in [0.15, 0.2) is 35.1 Å².